The molecule has 0 radical (unpaired) electrons. The van der Waals surface area contributed by atoms with Crippen LogP contribution in [0.25, 0.3) is 0 Å². The van der Waals surface area contributed by atoms with Gasteiger partial charge in [-0.25, -0.2) is 9.69 Å². The maximum absolute atomic E-state index is 13.1. The third-order valence-corrected chi connectivity index (χ3v) is 6.70. The number of nitro groups is 2. The average Bonchev–Trinajstić information content (AvgIpc) is 3.26. The largest absolute Gasteiger partial charge is 0.496 e. The molecule has 43 heavy (non-hydrogen) atoms. The third kappa shape index (κ3) is 5.56. The Bertz CT molecular complexity index is 1810. The highest BCUT2D eigenvalue weighted by atomic mass is 35.5. The topological polar surface area (TPSA) is 168 Å². The Morgan fingerprint density at radius 1 is 0.884 bits per heavy atom. The molecular weight excluding hydrogens is 586 g/mol. The number of nitrogens with zero attached hydrogens (tertiary/aromatic N) is 3. The molecule has 0 saturated heterocycles. The van der Waals surface area contributed by atoms with Crippen molar-refractivity contribution >= 4 is 46.4 Å². The van der Waals surface area contributed by atoms with Crippen molar-refractivity contribution in [2.75, 3.05) is 12.0 Å². The standard InChI is InChI=1S/C29H18ClN3O10/c1-41-25-14-24(31-27(34)20-3-2-4-23(33(39)40)26(20)28(31)35)22(30)13-21(25)29(36)42-15-16-5-9-18(10-6-16)43-19-11-7-17(8-12-19)32(37)38/h2-14H,15H2,1H3. The first kappa shape index (κ1) is 28.7. The lowest BCUT2D eigenvalue weighted by atomic mass is 10.1. The molecule has 5 rings (SSSR count). The summed E-state index contributed by atoms with van der Waals surface area (Å²) in [5.41, 5.74) is -0.698. The first-order chi connectivity index (χ1) is 20.6. The number of anilines is 1. The van der Waals surface area contributed by atoms with Crippen molar-refractivity contribution in [3.8, 4) is 17.2 Å². The highest BCUT2D eigenvalue weighted by molar-refractivity contribution is 6.40. The van der Waals surface area contributed by atoms with E-state index in [2.05, 4.69) is 0 Å². The summed E-state index contributed by atoms with van der Waals surface area (Å²) in [7, 11) is 1.26. The maximum atomic E-state index is 13.1. The monoisotopic (exact) mass is 603 g/mol. The van der Waals surface area contributed by atoms with E-state index in [1.807, 2.05) is 0 Å². The second kappa shape index (κ2) is 11.6. The molecule has 0 aliphatic carbocycles. The van der Waals surface area contributed by atoms with Crippen molar-refractivity contribution in [3.05, 3.63) is 126 Å². The van der Waals surface area contributed by atoms with E-state index in [4.69, 9.17) is 25.8 Å². The number of benzene rings is 4. The van der Waals surface area contributed by atoms with Gasteiger partial charge in [-0.3, -0.25) is 29.8 Å². The van der Waals surface area contributed by atoms with Crippen LogP contribution in [0.3, 0.4) is 0 Å². The minimum atomic E-state index is -0.937. The number of esters is 1. The van der Waals surface area contributed by atoms with Crippen LogP contribution in [0.1, 0.15) is 36.6 Å². The number of nitro benzene ring substituents is 2. The van der Waals surface area contributed by atoms with Crippen LogP contribution in [-0.4, -0.2) is 34.7 Å². The number of methoxy groups -OCH3 is 1. The molecule has 0 saturated carbocycles. The molecule has 216 valence electrons. The first-order valence-corrected chi connectivity index (χ1v) is 12.7. The van der Waals surface area contributed by atoms with Crippen LogP contribution < -0.4 is 14.4 Å². The number of fused-ring (bicyclic) bond motifs is 1. The number of amides is 2. The van der Waals surface area contributed by atoms with Gasteiger partial charge in [0.1, 0.15) is 35.0 Å². The Labute approximate surface area is 247 Å². The van der Waals surface area contributed by atoms with Gasteiger partial charge < -0.3 is 14.2 Å². The Kier molecular flexibility index (Phi) is 7.73. The zero-order valence-electron chi connectivity index (χ0n) is 22.0. The van der Waals surface area contributed by atoms with E-state index >= 15 is 0 Å². The number of carbonyl (C=O) groups is 3. The molecule has 4 aromatic carbocycles. The van der Waals surface area contributed by atoms with Gasteiger partial charge in [-0.1, -0.05) is 29.8 Å². The highest BCUT2D eigenvalue weighted by Crippen LogP contribution is 2.40. The van der Waals surface area contributed by atoms with Crippen molar-refractivity contribution in [1.29, 1.82) is 0 Å². The third-order valence-electron chi connectivity index (χ3n) is 6.40. The summed E-state index contributed by atoms with van der Waals surface area (Å²) in [4.78, 5) is 60.7. The lowest BCUT2D eigenvalue weighted by Crippen LogP contribution is -2.30. The molecule has 0 N–H and O–H groups in total. The summed E-state index contributed by atoms with van der Waals surface area (Å²) >= 11 is 6.39. The molecule has 14 heteroatoms. The second-order valence-corrected chi connectivity index (χ2v) is 9.39. The van der Waals surface area contributed by atoms with Gasteiger partial charge >= 0.3 is 5.97 Å². The van der Waals surface area contributed by atoms with E-state index in [-0.39, 0.29) is 45.4 Å². The van der Waals surface area contributed by atoms with Crippen LogP contribution >= 0.6 is 11.6 Å². The van der Waals surface area contributed by atoms with Crippen LogP contribution in [0.15, 0.2) is 78.9 Å². The molecule has 0 unspecified atom stereocenters. The van der Waals surface area contributed by atoms with Crippen molar-refractivity contribution in [3.63, 3.8) is 0 Å². The van der Waals surface area contributed by atoms with Gasteiger partial charge in [0, 0.05) is 24.3 Å². The number of non-ortho nitro benzene ring substituents is 1. The summed E-state index contributed by atoms with van der Waals surface area (Å²) in [5.74, 6) is -1.77. The Balaban J connectivity index is 1.29. The van der Waals surface area contributed by atoms with Gasteiger partial charge in [0.15, 0.2) is 0 Å². The molecule has 0 fully saturated rings. The average molecular weight is 604 g/mol. The Morgan fingerprint density at radius 3 is 2.14 bits per heavy atom. The molecule has 13 nitrogen and oxygen atoms in total. The van der Waals surface area contributed by atoms with Gasteiger partial charge in [0.2, 0.25) is 0 Å². The number of hydrogen-bond acceptors (Lipinski definition) is 10. The molecule has 4 aromatic rings. The van der Waals surface area contributed by atoms with Crippen molar-refractivity contribution < 1.29 is 38.4 Å². The predicted molar refractivity (Wildman–Crippen MR) is 151 cm³/mol. The zero-order chi connectivity index (χ0) is 30.8. The fourth-order valence-corrected chi connectivity index (χ4v) is 4.58. The smallest absolute Gasteiger partial charge is 0.342 e. The van der Waals surface area contributed by atoms with Crippen LogP contribution in [0, 0.1) is 20.2 Å². The van der Waals surface area contributed by atoms with Crippen LogP contribution in [0.4, 0.5) is 17.1 Å². The number of carbonyl (C=O) groups excluding carboxylic acids is 3. The van der Waals surface area contributed by atoms with Crippen LogP contribution in [0.5, 0.6) is 17.2 Å². The van der Waals surface area contributed by atoms with Gasteiger partial charge in [-0.15, -0.1) is 0 Å². The molecule has 2 amide bonds. The summed E-state index contributed by atoms with van der Waals surface area (Å²) in [5, 5.41) is 22.1. The molecule has 0 bridgehead atoms. The lowest BCUT2D eigenvalue weighted by Gasteiger charge is -2.18. The summed E-state index contributed by atoms with van der Waals surface area (Å²) in [6.07, 6.45) is 0. The van der Waals surface area contributed by atoms with E-state index in [1.165, 1.54) is 55.6 Å². The molecule has 0 atom stereocenters. The molecule has 1 aliphatic heterocycles. The minimum Gasteiger partial charge on any atom is -0.496 e. The first-order valence-electron chi connectivity index (χ1n) is 12.3. The second-order valence-electron chi connectivity index (χ2n) is 8.98. The number of imide groups is 1. The summed E-state index contributed by atoms with van der Waals surface area (Å²) < 4.78 is 16.4. The molecule has 1 aliphatic rings. The number of halogens is 1. The predicted octanol–water partition coefficient (Wildman–Crippen LogP) is 6.11. The van der Waals surface area contributed by atoms with Crippen molar-refractivity contribution in [2.24, 2.45) is 0 Å². The minimum absolute atomic E-state index is 0.0534. The zero-order valence-corrected chi connectivity index (χ0v) is 22.8. The lowest BCUT2D eigenvalue weighted by molar-refractivity contribution is -0.385. The number of hydrogen-bond donors (Lipinski definition) is 0. The normalized spacial score (nSPS) is 12.1. The fraction of sp³-hybridized carbons (Fsp3) is 0.0690. The Morgan fingerprint density at radius 2 is 1.53 bits per heavy atom. The van der Waals surface area contributed by atoms with Gasteiger partial charge in [-0.2, -0.15) is 0 Å². The van der Waals surface area contributed by atoms with E-state index < -0.39 is 33.3 Å². The highest BCUT2D eigenvalue weighted by Gasteiger charge is 2.43. The van der Waals surface area contributed by atoms with E-state index in [1.54, 1.807) is 24.3 Å². The fourth-order valence-electron chi connectivity index (χ4n) is 4.33. The molecular formula is C29H18ClN3O10. The van der Waals surface area contributed by atoms with E-state index in [9.17, 15) is 34.6 Å². The summed E-state index contributed by atoms with van der Waals surface area (Å²) in [6.45, 7) is -0.138. The quantitative estimate of drug-likeness (QED) is 0.0940. The number of ether oxygens (including phenoxy) is 3. The van der Waals surface area contributed by atoms with Crippen LogP contribution in [-0.2, 0) is 11.3 Å². The molecule has 1 heterocycles. The summed E-state index contributed by atoms with van der Waals surface area (Å²) in [6, 6.07) is 18.2. The van der Waals surface area contributed by atoms with E-state index in [0.29, 0.717) is 22.0 Å². The van der Waals surface area contributed by atoms with Gasteiger partial charge in [-0.05, 0) is 42.0 Å². The van der Waals surface area contributed by atoms with Crippen molar-refractivity contribution in [2.45, 2.75) is 6.61 Å². The number of rotatable bonds is 9. The van der Waals surface area contributed by atoms with Gasteiger partial charge in [0.05, 0.1) is 33.2 Å². The van der Waals surface area contributed by atoms with E-state index in [0.717, 1.165) is 6.07 Å². The van der Waals surface area contributed by atoms with Crippen molar-refractivity contribution in [1.82, 2.24) is 0 Å². The Hall–Kier alpha value is -5.82. The molecule has 0 spiro atoms. The van der Waals surface area contributed by atoms with Gasteiger partial charge in [0.25, 0.3) is 23.2 Å². The molecule has 0 aromatic heterocycles. The van der Waals surface area contributed by atoms with Crippen LogP contribution in [0.2, 0.25) is 5.02 Å². The SMILES string of the molecule is COc1cc(N2C(=O)c3cccc([N+](=O)[O-])c3C2=O)c(Cl)cc1C(=O)OCc1ccc(Oc2ccc([N+](=O)[O-])cc2)cc1. The maximum Gasteiger partial charge on any atom is 0.342 e.